The summed E-state index contributed by atoms with van der Waals surface area (Å²) in [4.78, 5) is 82.3. The van der Waals surface area contributed by atoms with Gasteiger partial charge in [0, 0.05) is 100 Å². The number of esters is 1. The Balaban J connectivity index is 1.08. The van der Waals surface area contributed by atoms with E-state index in [0.29, 0.717) is 97.7 Å². The van der Waals surface area contributed by atoms with Crippen LogP contribution in [0.4, 0.5) is 10.5 Å². The number of carbonyl (C=O) groups excluding carboxylic acids is 5. The minimum Gasteiger partial charge on any atom is -0.464 e. The average Bonchev–Trinajstić information content (AvgIpc) is 3.67. The first-order chi connectivity index (χ1) is 34.0. The van der Waals surface area contributed by atoms with Gasteiger partial charge < -0.3 is 48.4 Å². The number of aromatic nitrogens is 2. The summed E-state index contributed by atoms with van der Waals surface area (Å²) in [5.41, 5.74) is 8.21. The number of hydrazine groups is 1. The molecule has 0 aliphatic carbocycles. The first-order valence-corrected chi connectivity index (χ1v) is 25.6. The lowest BCUT2D eigenvalue weighted by Gasteiger charge is -2.47. The van der Waals surface area contributed by atoms with Crippen molar-refractivity contribution in [2.24, 2.45) is 11.3 Å². The Hall–Kier alpha value is -5.56. The number of piperidine rings is 1. The van der Waals surface area contributed by atoms with Gasteiger partial charge >= 0.3 is 12.0 Å². The molecule has 386 valence electrons. The summed E-state index contributed by atoms with van der Waals surface area (Å²) < 4.78 is 27.0. The van der Waals surface area contributed by atoms with Crippen molar-refractivity contribution in [1.29, 1.82) is 0 Å². The van der Waals surface area contributed by atoms with Crippen LogP contribution < -0.4 is 15.6 Å². The number of anilines is 1. The summed E-state index contributed by atoms with van der Waals surface area (Å²) in [6, 6.07) is 7.56. The standard InChI is InChI=1S/C53H75N9O9/c1-10-44(63)60-25-27-71-53(32-60)18-22-58(23-19-53)51(67)57(8)46(34(3)4)48(64)55-42-29-37-31-59(24-26-69-37)36-16-17-43-39(28-36)40(47(61(43)11-2)38-14-12-20-54-45(38)35(5)68-9)30-52(6,7)33-70-50(66)41-15-13-21-62(56-41)49(42)65/h10,12,14,16-17,20,28,34-35,37,41-42,46,56H,1,11,13,15,18-19,21-27,29-33H2,2-9H3,(H,55,64)/t35-,37-,41-,42-,46?/m0/s1. The van der Waals surface area contributed by atoms with Gasteiger partial charge in [0.1, 0.15) is 18.1 Å². The second-order valence-electron chi connectivity index (χ2n) is 21.1. The van der Waals surface area contributed by atoms with E-state index >= 15 is 0 Å². The van der Waals surface area contributed by atoms with E-state index in [9.17, 15) is 24.0 Å². The fourth-order valence-electron chi connectivity index (χ4n) is 11.4. The number of ether oxygens (including phenoxy) is 4. The number of methoxy groups -OCH3 is 1. The van der Waals surface area contributed by atoms with E-state index in [1.807, 2.05) is 26.8 Å². The minimum atomic E-state index is -1.06. The van der Waals surface area contributed by atoms with E-state index in [2.05, 4.69) is 71.8 Å². The van der Waals surface area contributed by atoms with E-state index in [1.165, 1.54) is 16.0 Å². The summed E-state index contributed by atoms with van der Waals surface area (Å²) in [5.74, 6) is -1.77. The third-order valence-corrected chi connectivity index (χ3v) is 15.2. The number of likely N-dealkylation sites (N-methyl/N-ethyl adjacent to an activating group) is 1. The van der Waals surface area contributed by atoms with Crippen LogP contribution in [0.1, 0.15) is 91.0 Å². The van der Waals surface area contributed by atoms with Gasteiger partial charge in [-0.3, -0.25) is 29.2 Å². The van der Waals surface area contributed by atoms with Crippen LogP contribution in [-0.4, -0.2) is 169 Å². The lowest BCUT2D eigenvalue weighted by molar-refractivity contribution is -0.156. The maximum atomic E-state index is 14.8. The van der Waals surface area contributed by atoms with Crippen molar-refractivity contribution < 1.29 is 42.9 Å². The summed E-state index contributed by atoms with van der Waals surface area (Å²) in [7, 11) is 3.32. The van der Waals surface area contributed by atoms with Crippen LogP contribution in [0.5, 0.6) is 0 Å². The maximum Gasteiger partial charge on any atom is 0.324 e. The van der Waals surface area contributed by atoms with Gasteiger partial charge in [-0.2, -0.15) is 0 Å². The molecule has 8 rings (SSSR count). The van der Waals surface area contributed by atoms with E-state index in [-0.39, 0.29) is 37.0 Å². The highest BCUT2D eigenvalue weighted by atomic mass is 16.5. The number of likely N-dealkylation sites (tertiary alicyclic amines) is 1. The minimum absolute atomic E-state index is 0.137. The van der Waals surface area contributed by atoms with Gasteiger partial charge in [0.25, 0.3) is 5.91 Å². The molecule has 5 atom stereocenters. The number of nitrogens with zero attached hydrogens (tertiary/aromatic N) is 7. The first-order valence-electron chi connectivity index (χ1n) is 25.6. The highest BCUT2D eigenvalue weighted by Gasteiger charge is 2.44. The molecule has 1 aromatic carbocycles. The molecule has 18 nitrogen and oxygen atoms in total. The zero-order valence-corrected chi connectivity index (χ0v) is 43.0. The number of hydrogen-bond donors (Lipinski definition) is 2. The number of carbonyl (C=O) groups is 5. The summed E-state index contributed by atoms with van der Waals surface area (Å²) in [5, 5.41) is 5.63. The van der Waals surface area contributed by atoms with Crippen LogP contribution in [0.3, 0.4) is 0 Å². The number of morpholine rings is 2. The van der Waals surface area contributed by atoms with Crippen molar-refractivity contribution in [2.45, 2.75) is 123 Å². The molecule has 1 unspecified atom stereocenters. The lowest BCUT2D eigenvalue weighted by Crippen LogP contribution is -2.63. The predicted octanol–water partition coefficient (Wildman–Crippen LogP) is 5.09. The number of pyridine rings is 1. The Morgan fingerprint density at radius 2 is 1.83 bits per heavy atom. The van der Waals surface area contributed by atoms with Gasteiger partial charge in [0.2, 0.25) is 11.8 Å². The molecule has 7 heterocycles. The highest BCUT2D eigenvalue weighted by Crippen LogP contribution is 2.42. The molecule has 5 aliphatic rings. The summed E-state index contributed by atoms with van der Waals surface area (Å²) in [6.07, 6.45) is 5.23. The van der Waals surface area contributed by atoms with Crippen LogP contribution in [0.15, 0.2) is 49.2 Å². The highest BCUT2D eigenvalue weighted by molar-refractivity contribution is 5.95. The number of aryl methyl sites for hydroxylation is 1. The van der Waals surface area contributed by atoms with Gasteiger partial charge in [0.15, 0.2) is 0 Å². The van der Waals surface area contributed by atoms with E-state index in [1.54, 1.807) is 30.2 Å². The summed E-state index contributed by atoms with van der Waals surface area (Å²) in [6.45, 7) is 20.5. The van der Waals surface area contributed by atoms with Crippen LogP contribution in [0.2, 0.25) is 0 Å². The second kappa shape index (κ2) is 21.7. The van der Waals surface area contributed by atoms with E-state index < -0.39 is 53.0 Å². The molecule has 6 bridgehead atoms. The third kappa shape index (κ3) is 11.0. The van der Waals surface area contributed by atoms with E-state index in [0.717, 1.165) is 39.1 Å². The molecule has 0 saturated carbocycles. The zero-order chi connectivity index (χ0) is 50.8. The quantitative estimate of drug-likeness (QED) is 0.215. The molecule has 1 spiro atoms. The Morgan fingerprint density at radius 3 is 2.55 bits per heavy atom. The smallest absolute Gasteiger partial charge is 0.324 e. The molecular formula is C53H75N9O9. The van der Waals surface area contributed by atoms with Crippen LogP contribution in [0.25, 0.3) is 22.2 Å². The fraction of sp³-hybridized carbons (Fsp3) is 0.623. The predicted molar refractivity (Wildman–Crippen MR) is 269 cm³/mol. The zero-order valence-electron chi connectivity index (χ0n) is 43.0. The Bertz CT molecular complexity index is 2470. The van der Waals surface area contributed by atoms with Crippen molar-refractivity contribution in [3.05, 3.63) is 60.4 Å². The van der Waals surface area contributed by atoms with Crippen LogP contribution >= 0.6 is 0 Å². The molecule has 0 radical (unpaired) electrons. The van der Waals surface area contributed by atoms with Crippen molar-refractivity contribution in [2.75, 3.05) is 84.7 Å². The molecule has 18 heteroatoms. The third-order valence-electron chi connectivity index (χ3n) is 15.2. The largest absolute Gasteiger partial charge is 0.464 e. The Morgan fingerprint density at radius 1 is 1.06 bits per heavy atom. The number of fused-ring (bicyclic) bond motifs is 6. The molecule has 2 N–H and O–H groups in total. The number of amides is 5. The molecule has 5 amide bonds. The number of hydrogen-bond acceptors (Lipinski definition) is 12. The molecule has 2 aromatic heterocycles. The average molecular weight is 982 g/mol. The number of rotatable bonds is 9. The topological polar surface area (TPSA) is 180 Å². The van der Waals surface area contributed by atoms with Crippen LogP contribution in [-0.2, 0) is 51.1 Å². The van der Waals surface area contributed by atoms with Crippen molar-refractivity contribution >= 4 is 46.3 Å². The van der Waals surface area contributed by atoms with Crippen LogP contribution in [0, 0.1) is 11.3 Å². The number of cyclic esters (lactones) is 1. The van der Waals surface area contributed by atoms with Gasteiger partial charge in [-0.1, -0.05) is 34.3 Å². The molecular weight excluding hydrogens is 907 g/mol. The second-order valence-corrected chi connectivity index (χ2v) is 21.1. The normalized spacial score (nSPS) is 23.8. The maximum absolute atomic E-state index is 14.8. The number of benzene rings is 1. The van der Waals surface area contributed by atoms with Gasteiger partial charge in [-0.15, -0.1) is 0 Å². The monoisotopic (exact) mass is 982 g/mol. The molecule has 4 fully saturated rings. The molecule has 3 aromatic rings. The van der Waals surface area contributed by atoms with E-state index in [4.69, 9.17) is 23.9 Å². The number of nitrogens with one attached hydrogen (secondary N) is 2. The Labute approximate surface area is 418 Å². The first kappa shape index (κ1) is 51.8. The fourth-order valence-corrected chi connectivity index (χ4v) is 11.4. The molecule has 4 saturated heterocycles. The van der Waals surface area contributed by atoms with Gasteiger partial charge in [-0.25, -0.2) is 10.2 Å². The number of urea groups is 1. The SMILES string of the molecule is C=CC(=O)N1CCOC2(CCN(C(=O)N(C)C(C(=O)N[C@H]3C[C@H]4CN(CCO4)c4ccc5c(c4)c(c(-c4cccnc4[C@H](C)OC)n5CC)CC(C)(C)COC(=O)[C@@H]4CCCN(N4)C3=O)C(C)C)CC2)C1. The van der Waals surface area contributed by atoms with Crippen molar-refractivity contribution in [1.82, 2.24) is 40.0 Å². The lowest BCUT2D eigenvalue weighted by atomic mass is 9.84. The molecule has 71 heavy (non-hydrogen) atoms. The van der Waals surface area contributed by atoms with Gasteiger partial charge in [0.05, 0.1) is 55.6 Å². The van der Waals surface area contributed by atoms with Crippen molar-refractivity contribution in [3.63, 3.8) is 0 Å². The van der Waals surface area contributed by atoms with Gasteiger partial charge in [-0.05, 0) is 93.8 Å². The van der Waals surface area contributed by atoms with Crippen molar-refractivity contribution in [3.8, 4) is 11.3 Å². The Kier molecular flexibility index (Phi) is 15.8. The summed E-state index contributed by atoms with van der Waals surface area (Å²) >= 11 is 0. The molecule has 5 aliphatic heterocycles.